The van der Waals surface area contributed by atoms with Gasteiger partial charge in [-0.1, -0.05) is 31.0 Å². The summed E-state index contributed by atoms with van der Waals surface area (Å²) in [6, 6.07) is 6.31. The average molecular weight is 241 g/mol. The molecule has 0 bridgehead atoms. The number of nitrogens with two attached hydrogens (primary N) is 1. The van der Waals surface area contributed by atoms with Crippen LogP contribution in [-0.2, 0) is 6.54 Å². The Hall–Kier alpha value is -0.730. The van der Waals surface area contributed by atoms with E-state index >= 15 is 0 Å². The summed E-state index contributed by atoms with van der Waals surface area (Å²) < 4.78 is 0. The van der Waals surface area contributed by atoms with Crippen molar-refractivity contribution in [2.75, 3.05) is 12.8 Å². The maximum absolute atomic E-state index is 6.15. The van der Waals surface area contributed by atoms with E-state index in [1.165, 1.54) is 12.8 Å². The molecule has 2 N–H and O–H groups in total. The minimum atomic E-state index is 0.582. The van der Waals surface area contributed by atoms with Crippen LogP contribution in [0.5, 0.6) is 0 Å². The van der Waals surface area contributed by atoms with Gasteiger partial charge in [0.1, 0.15) is 0 Å². The fourth-order valence-corrected chi connectivity index (χ4v) is 2.00. The highest BCUT2D eigenvalue weighted by Gasteiger charge is 2.10. The molecule has 16 heavy (non-hydrogen) atoms. The number of nitrogen functional groups attached to an aromatic ring is 1. The van der Waals surface area contributed by atoms with Crippen LogP contribution in [0, 0.1) is 0 Å². The van der Waals surface area contributed by atoms with Crippen LogP contribution in [0.2, 0.25) is 5.02 Å². The molecule has 0 saturated carbocycles. The van der Waals surface area contributed by atoms with E-state index < -0.39 is 0 Å². The molecule has 1 rings (SSSR count). The van der Waals surface area contributed by atoms with Crippen LogP contribution in [0.3, 0.4) is 0 Å². The first-order valence-electron chi connectivity index (χ1n) is 5.78. The van der Waals surface area contributed by atoms with E-state index in [1.807, 2.05) is 18.2 Å². The van der Waals surface area contributed by atoms with Crippen molar-refractivity contribution in [3.63, 3.8) is 0 Å². The lowest BCUT2D eigenvalue weighted by Crippen LogP contribution is -2.28. The van der Waals surface area contributed by atoms with E-state index in [-0.39, 0.29) is 0 Å². The Morgan fingerprint density at radius 2 is 2.12 bits per heavy atom. The van der Waals surface area contributed by atoms with E-state index in [1.54, 1.807) is 0 Å². The van der Waals surface area contributed by atoms with Crippen LogP contribution in [0.1, 0.15) is 32.3 Å². The zero-order chi connectivity index (χ0) is 12.1. The third kappa shape index (κ3) is 3.69. The van der Waals surface area contributed by atoms with Gasteiger partial charge in [0.25, 0.3) is 0 Å². The van der Waals surface area contributed by atoms with Gasteiger partial charge in [0.05, 0.1) is 0 Å². The molecule has 90 valence electrons. The number of nitrogens with zero attached hydrogens (tertiary/aromatic N) is 1. The van der Waals surface area contributed by atoms with Crippen molar-refractivity contribution < 1.29 is 0 Å². The molecule has 0 saturated heterocycles. The van der Waals surface area contributed by atoms with E-state index in [0.717, 1.165) is 22.8 Å². The summed E-state index contributed by atoms with van der Waals surface area (Å²) in [5.41, 5.74) is 7.53. The number of halogens is 1. The molecule has 1 aromatic rings. The first kappa shape index (κ1) is 13.3. The molecular weight excluding hydrogens is 220 g/mol. The van der Waals surface area contributed by atoms with Gasteiger partial charge >= 0.3 is 0 Å². The average Bonchev–Trinajstić information content (AvgIpc) is 2.22. The van der Waals surface area contributed by atoms with Gasteiger partial charge < -0.3 is 5.73 Å². The highest BCUT2D eigenvalue weighted by molar-refractivity contribution is 6.31. The van der Waals surface area contributed by atoms with Crippen LogP contribution in [-0.4, -0.2) is 18.0 Å². The van der Waals surface area contributed by atoms with Gasteiger partial charge in [-0.25, -0.2) is 0 Å². The summed E-state index contributed by atoms with van der Waals surface area (Å²) >= 11 is 6.15. The monoisotopic (exact) mass is 240 g/mol. The largest absolute Gasteiger partial charge is 0.399 e. The van der Waals surface area contributed by atoms with Crippen molar-refractivity contribution in [2.24, 2.45) is 0 Å². The fraction of sp³-hybridized carbons (Fsp3) is 0.538. The smallest absolute Gasteiger partial charge is 0.0471 e. The maximum atomic E-state index is 6.15. The molecular formula is C13H21ClN2. The quantitative estimate of drug-likeness (QED) is 0.798. The summed E-state index contributed by atoms with van der Waals surface area (Å²) in [5.74, 6) is 0. The van der Waals surface area contributed by atoms with Gasteiger partial charge in [0, 0.05) is 23.3 Å². The van der Waals surface area contributed by atoms with Crippen LogP contribution in [0.25, 0.3) is 0 Å². The maximum Gasteiger partial charge on any atom is 0.0471 e. The van der Waals surface area contributed by atoms with Gasteiger partial charge in [-0.3, -0.25) is 4.90 Å². The highest BCUT2D eigenvalue weighted by Crippen LogP contribution is 2.21. The molecule has 0 aliphatic carbocycles. The summed E-state index contributed by atoms with van der Waals surface area (Å²) in [6.45, 7) is 5.33. The standard InChI is InChI=1S/C13H21ClN2/c1-4-5-10(2)16(3)9-11-6-7-12(15)8-13(11)14/h6-8,10H,4-5,9,15H2,1-3H3. The third-order valence-electron chi connectivity index (χ3n) is 2.96. The van der Waals surface area contributed by atoms with Crippen molar-refractivity contribution >= 4 is 17.3 Å². The molecule has 0 amide bonds. The molecule has 0 aliphatic rings. The molecule has 0 aromatic heterocycles. The zero-order valence-electron chi connectivity index (χ0n) is 10.3. The number of anilines is 1. The van der Waals surface area contributed by atoms with Crippen molar-refractivity contribution in [3.8, 4) is 0 Å². The first-order chi connectivity index (χ1) is 7.54. The van der Waals surface area contributed by atoms with E-state index in [2.05, 4.69) is 25.8 Å². The van der Waals surface area contributed by atoms with Gasteiger partial charge in [-0.2, -0.15) is 0 Å². The van der Waals surface area contributed by atoms with Gasteiger partial charge in [-0.15, -0.1) is 0 Å². The minimum Gasteiger partial charge on any atom is -0.399 e. The second-order valence-electron chi connectivity index (χ2n) is 4.40. The van der Waals surface area contributed by atoms with E-state index in [9.17, 15) is 0 Å². The van der Waals surface area contributed by atoms with Crippen molar-refractivity contribution in [3.05, 3.63) is 28.8 Å². The molecule has 3 heteroatoms. The Kier molecular flexibility index (Phi) is 5.10. The summed E-state index contributed by atoms with van der Waals surface area (Å²) in [6.07, 6.45) is 2.42. The van der Waals surface area contributed by atoms with Crippen molar-refractivity contribution in [1.82, 2.24) is 4.90 Å². The Morgan fingerprint density at radius 1 is 1.44 bits per heavy atom. The molecule has 1 unspecified atom stereocenters. The summed E-state index contributed by atoms with van der Waals surface area (Å²) in [7, 11) is 2.13. The molecule has 0 radical (unpaired) electrons. The Labute approximate surface area is 103 Å². The van der Waals surface area contributed by atoms with Gasteiger partial charge in [0.2, 0.25) is 0 Å². The van der Waals surface area contributed by atoms with E-state index in [0.29, 0.717) is 6.04 Å². The molecule has 0 spiro atoms. The van der Waals surface area contributed by atoms with Gasteiger partial charge in [-0.05, 0) is 38.1 Å². The number of benzene rings is 1. The predicted octanol–water partition coefficient (Wildman–Crippen LogP) is 3.54. The van der Waals surface area contributed by atoms with Gasteiger partial charge in [0.15, 0.2) is 0 Å². The van der Waals surface area contributed by atoms with Crippen LogP contribution in [0.15, 0.2) is 18.2 Å². The fourth-order valence-electron chi connectivity index (χ4n) is 1.75. The predicted molar refractivity (Wildman–Crippen MR) is 71.7 cm³/mol. The van der Waals surface area contributed by atoms with Crippen LogP contribution in [0.4, 0.5) is 5.69 Å². The third-order valence-corrected chi connectivity index (χ3v) is 3.31. The number of rotatable bonds is 5. The van der Waals surface area contributed by atoms with Crippen molar-refractivity contribution in [2.45, 2.75) is 39.3 Å². The minimum absolute atomic E-state index is 0.582. The number of hydrogen-bond acceptors (Lipinski definition) is 2. The molecule has 0 heterocycles. The summed E-state index contributed by atoms with van der Waals surface area (Å²) in [5, 5.41) is 0.760. The second kappa shape index (κ2) is 6.12. The topological polar surface area (TPSA) is 29.3 Å². The lowest BCUT2D eigenvalue weighted by Gasteiger charge is -2.24. The SMILES string of the molecule is CCCC(C)N(C)Cc1ccc(N)cc1Cl. The molecule has 1 aromatic carbocycles. The first-order valence-corrected chi connectivity index (χ1v) is 6.16. The summed E-state index contributed by atoms with van der Waals surface area (Å²) in [4.78, 5) is 2.32. The number of hydrogen-bond donors (Lipinski definition) is 1. The normalized spacial score (nSPS) is 13.1. The Bertz CT molecular complexity index is 339. The molecule has 0 fully saturated rings. The lowest BCUT2D eigenvalue weighted by molar-refractivity contribution is 0.237. The Balaban J connectivity index is 2.65. The lowest BCUT2D eigenvalue weighted by atomic mass is 10.1. The Morgan fingerprint density at radius 3 is 2.69 bits per heavy atom. The van der Waals surface area contributed by atoms with Crippen molar-refractivity contribution in [1.29, 1.82) is 0 Å². The highest BCUT2D eigenvalue weighted by atomic mass is 35.5. The molecule has 2 nitrogen and oxygen atoms in total. The van der Waals surface area contributed by atoms with Crippen LogP contribution >= 0.6 is 11.6 Å². The van der Waals surface area contributed by atoms with E-state index in [4.69, 9.17) is 17.3 Å². The van der Waals surface area contributed by atoms with Crippen LogP contribution < -0.4 is 5.73 Å². The molecule has 0 aliphatic heterocycles. The zero-order valence-corrected chi connectivity index (χ0v) is 11.1. The second-order valence-corrected chi connectivity index (χ2v) is 4.81. The molecule has 1 atom stereocenters.